The molecule has 3 heterocycles. The third-order valence-corrected chi connectivity index (χ3v) is 6.06. The van der Waals surface area contributed by atoms with Gasteiger partial charge in [0.15, 0.2) is 5.82 Å². The molecule has 0 spiro atoms. The number of nitrogens with zero attached hydrogens (tertiary/aromatic N) is 4. The number of hydrogen-bond donors (Lipinski definition) is 2. The second-order valence-electron chi connectivity index (χ2n) is 8.95. The summed E-state index contributed by atoms with van der Waals surface area (Å²) < 4.78 is 13.9. The van der Waals surface area contributed by atoms with Gasteiger partial charge < -0.3 is 9.88 Å². The minimum absolute atomic E-state index is 0.273. The molecule has 0 atom stereocenters. The maximum atomic E-state index is 13.9. The van der Waals surface area contributed by atoms with Crippen LogP contribution in [0, 0.1) is 5.82 Å². The summed E-state index contributed by atoms with van der Waals surface area (Å²) in [5.41, 5.74) is 8.23. The molecule has 0 fully saturated rings. The van der Waals surface area contributed by atoms with Crippen LogP contribution in [0.4, 0.5) is 4.39 Å². The highest BCUT2D eigenvalue weighted by atomic mass is 19.1. The number of benzene rings is 3. The number of aromatic amines is 2. The molecule has 0 amide bonds. The molecule has 0 saturated carbocycles. The van der Waals surface area contributed by atoms with Gasteiger partial charge in [-0.25, -0.2) is 9.37 Å². The molecule has 0 saturated heterocycles. The van der Waals surface area contributed by atoms with Gasteiger partial charge >= 0.3 is 0 Å². The van der Waals surface area contributed by atoms with Gasteiger partial charge in [-0.2, -0.15) is 5.10 Å². The lowest BCUT2D eigenvalue weighted by atomic mass is 10.0. The van der Waals surface area contributed by atoms with Crippen LogP contribution >= 0.6 is 0 Å². The quantitative estimate of drug-likeness (QED) is 0.328. The van der Waals surface area contributed by atoms with Crippen LogP contribution in [0.3, 0.4) is 0 Å². The third-order valence-electron chi connectivity index (χ3n) is 6.06. The summed E-state index contributed by atoms with van der Waals surface area (Å²) in [6.07, 6.45) is 3.78. The summed E-state index contributed by atoms with van der Waals surface area (Å²) in [5, 5.41) is 8.65. The zero-order valence-corrected chi connectivity index (χ0v) is 19.4. The Balaban J connectivity index is 1.45. The number of halogens is 1. The molecule has 35 heavy (non-hydrogen) atoms. The van der Waals surface area contributed by atoms with Crippen LogP contribution in [0.25, 0.3) is 55.7 Å². The molecule has 0 aliphatic heterocycles. The summed E-state index contributed by atoms with van der Waals surface area (Å²) in [6, 6.07) is 20.8. The van der Waals surface area contributed by atoms with Crippen molar-refractivity contribution in [3.05, 3.63) is 90.5 Å². The molecule has 0 aliphatic rings. The molecule has 0 aliphatic carbocycles. The first-order valence-corrected chi connectivity index (χ1v) is 11.4. The summed E-state index contributed by atoms with van der Waals surface area (Å²) in [6.45, 7) is 0.826. The first-order chi connectivity index (χ1) is 17.0. The number of nitrogens with one attached hydrogen (secondary N) is 2. The summed E-state index contributed by atoms with van der Waals surface area (Å²) in [4.78, 5) is 14.8. The van der Waals surface area contributed by atoms with E-state index in [0.29, 0.717) is 5.82 Å². The minimum atomic E-state index is -0.273. The molecule has 7 heteroatoms. The van der Waals surface area contributed by atoms with Crippen LogP contribution in [0.5, 0.6) is 0 Å². The van der Waals surface area contributed by atoms with Gasteiger partial charge in [0.05, 0.1) is 16.6 Å². The normalized spacial score (nSPS) is 11.7. The summed E-state index contributed by atoms with van der Waals surface area (Å²) >= 11 is 0. The van der Waals surface area contributed by atoms with Crippen LogP contribution in [0.1, 0.15) is 5.56 Å². The van der Waals surface area contributed by atoms with Crippen molar-refractivity contribution in [3.8, 4) is 33.8 Å². The lowest BCUT2D eigenvalue weighted by Gasteiger charge is -2.10. The first kappa shape index (κ1) is 21.2. The van der Waals surface area contributed by atoms with Crippen LogP contribution in [0.15, 0.2) is 79.1 Å². The standard InChI is InChI=1S/C28H23FN6/c1-35(2)16-17-11-20(15-30-14-17)18-9-10-24-23(13-18)27(34-33-24)28-31-25-8-4-7-22(26(25)32-28)19-5-3-6-21(29)12-19/h3-15H,16H2,1-2H3,(H,31,32)(H,33,34). The number of aromatic nitrogens is 5. The van der Waals surface area contributed by atoms with Gasteiger partial charge in [0.25, 0.3) is 0 Å². The highest BCUT2D eigenvalue weighted by molar-refractivity contribution is 5.98. The molecule has 0 bridgehead atoms. The van der Waals surface area contributed by atoms with Gasteiger partial charge in [0, 0.05) is 35.5 Å². The lowest BCUT2D eigenvalue weighted by molar-refractivity contribution is 0.402. The Kier molecular flexibility index (Phi) is 5.12. The van der Waals surface area contributed by atoms with Gasteiger partial charge in [0.1, 0.15) is 11.5 Å². The fourth-order valence-electron chi connectivity index (χ4n) is 4.50. The zero-order chi connectivity index (χ0) is 23.9. The van der Waals surface area contributed by atoms with Crippen molar-refractivity contribution in [3.63, 3.8) is 0 Å². The molecular formula is C28H23FN6. The van der Waals surface area contributed by atoms with Gasteiger partial charge in [-0.1, -0.05) is 30.3 Å². The second-order valence-corrected chi connectivity index (χ2v) is 8.95. The van der Waals surface area contributed by atoms with Crippen LogP contribution in [-0.4, -0.2) is 44.1 Å². The zero-order valence-electron chi connectivity index (χ0n) is 19.4. The average molecular weight is 463 g/mol. The number of H-pyrrole nitrogens is 2. The van der Waals surface area contributed by atoms with Crippen molar-refractivity contribution in [1.82, 2.24) is 30.0 Å². The molecule has 6 nitrogen and oxygen atoms in total. The van der Waals surface area contributed by atoms with Crippen LogP contribution in [-0.2, 0) is 6.54 Å². The number of imidazole rings is 1. The average Bonchev–Trinajstić information content (AvgIpc) is 3.47. The highest BCUT2D eigenvalue weighted by Gasteiger charge is 2.16. The number of pyridine rings is 1. The fraction of sp³-hybridized carbons (Fsp3) is 0.107. The second kappa shape index (κ2) is 8.45. The van der Waals surface area contributed by atoms with Gasteiger partial charge in [-0.15, -0.1) is 0 Å². The number of hydrogen-bond acceptors (Lipinski definition) is 4. The van der Waals surface area contributed by atoms with E-state index in [0.717, 1.165) is 62.0 Å². The smallest absolute Gasteiger partial charge is 0.159 e. The van der Waals surface area contributed by atoms with Crippen molar-refractivity contribution in [2.24, 2.45) is 0 Å². The Hall–Kier alpha value is -4.36. The third kappa shape index (κ3) is 3.96. The van der Waals surface area contributed by atoms with Crippen LogP contribution in [0.2, 0.25) is 0 Å². The van der Waals surface area contributed by atoms with Gasteiger partial charge in [-0.05, 0) is 67.2 Å². The minimum Gasteiger partial charge on any atom is -0.337 e. The van der Waals surface area contributed by atoms with E-state index >= 15 is 0 Å². The Bertz CT molecular complexity index is 1680. The molecular weight excluding hydrogens is 439 g/mol. The van der Waals surface area contributed by atoms with E-state index in [1.54, 1.807) is 6.07 Å². The van der Waals surface area contributed by atoms with E-state index in [-0.39, 0.29) is 5.82 Å². The van der Waals surface area contributed by atoms with Crippen molar-refractivity contribution in [1.29, 1.82) is 0 Å². The maximum Gasteiger partial charge on any atom is 0.159 e. The summed E-state index contributed by atoms with van der Waals surface area (Å²) in [7, 11) is 4.09. The predicted octanol–water partition coefficient (Wildman–Crippen LogP) is 6.04. The van der Waals surface area contributed by atoms with Crippen LogP contribution < -0.4 is 0 Å². The topological polar surface area (TPSA) is 73.5 Å². The molecule has 6 aromatic rings. The lowest BCUT2D eigenvalue weighted by Crippen LogP contribution is -2.10. The SMILES string of the molecule is CN(C)Cc1cncc(-c2ccc3[nH]nc(-c4nc5c(-c6cccc(F)c6)cccc5[nH]4)c3c2)c1. The van der Waals surface area contributed by atoms with Crippen molar-refractivity contribution < 1.29 is 4.39 Å². The van der Waals surface area contributed by atoms with E-state index in [2.05, 4.69) is 43.3 Å². The molecule has 0 unspecified atom stereocenters. The Morgan fingerprint density at radius 3 is 2.60 bits per heavy atom. The van der Waals surface area contributed by atoms with E-state index in [9.17, 15) is 4.39 Å². The predicted molar refractivity (Wildman–Crippen MR) is 137 cm³/mol. The van der Waals surface area contributed by atoms with E-state index < -0.39 is 0 Å². The first-order valence-electron chi connectivity index (χ1n) is 11.4. The number of rotatable bonds is 5. The van der Waals surface area contributed by atoms with E-state index in [1.165, 1.54) is 12.1 Å². The Morgan fingerprint density at radius 1 is 0.857 bits per heavy atom. The number of para-hydroxylation sites is 1. The number of fused-ring (bicyclic) bond motifs is 2. The van der Waals surface area contributed by atoms with Gasteiger partial charge in [-0.3, -0.25) is 10.1 Å². The molecule has 172 valence electrons. The maximum absolute atomic E-state index is 13.9. The molecule has 6 rings (SSSR count). The van der Waals surface area contributed by atoms with Crippen molar-refractivity contribution >= 4 is 21.9 Å². The molecule has 3 aromatic heterocycles. The Morgan fingerprint density at radius 2 is 1.74 bits per heavy atom. The summed E-state index contributed by atoms with van der Waals surface area (Å²) in [5.74, 6) is 0.386. The highest BCUT2D eigenvalue weighted by Crippen LogP contribution is 2.33. The monoisotopic (exact) mass is 462 g/mol. The van der Waals surface area contributed by atoms with Crippen molar-refractivity contribution in [2.75, 3.05) is 14.1 Å². The van der Waals surface area contributed by atoms with E-state index in [1.807, 2.05) is 56.8 Å². The molecule has 3 aromatic carbocycles. The van der Waals surface area contributed by atoms with E-state index in [4.69, 9.17) is 4.98 Å². The van der Waals surface area contributed by atoms with Crippen molar-refractivity contribution in [2.45, 2.75) is 6.54 Å². The fourth-order valence-corrected chi connectivity index (χ4v) is 4.50. The van der Waals surface area contributed by atoms with Gasteiger partial charge in [0.2, 0.25) is 0 Å². The molecule has 0 radical (unpaired) electrons. The molecule has 2 N–H and O–H groups in total. The Labute approximate surface area is 201 Å². The largest absolute Gasteiger partial charge is 0.337 e.